The van der Waals surface area contributed by atoms with Crippen molar-refractivity contribution in [1.82, 2.24) is 14.9 Å². The summed E-state index contributed by atoms with van der Waals surface area (Å²) in [5, 5.41) is 0. The van der Waals surface area contributed by atoms with Gasteiger partial charge in [-0.3, -0.25) is 14.8 Å². The molecule has 1 amide bonds. The molecule has 0 saturated carbocycles. The maximum Gasteiger partial charge on any atom is 0.257 e. The van der Waals surface area contributed by atoms with Crippen molar-refractivity contribution in [3.63, 3.8) is 0 Å². The Kier molecular flexibility index (Phi) is 5.50. The van der Waals surface area contributed by atoms with E-state index in [1.807, 2.05) is 24.3 Å². The second-order valence-electron chi connectivity index (χ2n) is 5.50. The minimum Gasteiger partial charge on any atom is -0.330 e. The predicted molar refractivity (Wildman–Crippen MR) is 96.2 cm³/mol. The van der Waals surface area contributed by atoms with Gasteiger partial charge >= 0.3 is 0 Å². The molecule has 0 unspecified atom stereocenters. The quantitative estimate of drug-likeness (QED) is 0.644. The van der Waals surface area contributed by atoms with Crippen LogP contribution in [0.2, 0.25) is 0 Å². The Morgan fingerprint density at radius 3 is 2.44 bits per heavy atom. The molecule has 25 heavy (non-hydrogen) atoms. The van der Waals surface area contributed by atoms with Crippen LogP contribution in [0.4, 0.5) is 4.39 Å². The highest BCUT2D eigenvalue weighted by atomic mass is 79.9. The lowest BCUT2D eigenvalue weighted by Crippen LogP contribution is -2.30. The molecule has 1 aromatic carbocycles. The number of aromatic nitrogens is 2. The standard InChI is InChI=1S/C19H15BrFN3O/c20-16-3-4-17(18(21)10-16)19(25)24(12-14-5-8-22-9-6-14)13-15-2-1-7-23-11-15/h1-11H,12-13H2. The van der Waals surface area contributed by atoms with Crippen LogP contribution in [0.25, 0.3) is 0 Å². The van der Waals surface area contributed by atoms with Crippen molar-refractivity contribution in [1.29, 1.82) is 0 Å². The van der Waals surface area contributed by atoms with Gasteiger partial charge in [-0.25, -0.2) is 4.39 Å². The fourth-order valence-corrected chi connectivity index (χ4v) is 2.79. The molecule has 3 rings (SSSR count). The highest BCUT2D eigenvalue weighted by molar-refractivity contribution is 9.10. The first-order valence-corrected chi connectivity index (χ1v) is 8.45. The summed E-state index contributed by atoms with van der Waals surface area (Å²) < 4.78 is 14.8. The zero-order valence-electron chi connectivity index (χ0n) is 13.3. The van der Waals surface area contributed by atoms with Crippen LogP contribution in [0, 0.1) is 5.82 Å². The van der Waals surface area contributed by atoms with Crippen LogP contribution in [-0.2, 0) is 13.1 Å². The first-order valence-electron chi connectivity index (χ1n) is 7.65. The number of pyridine rings is 2. The van der Waals surface area contributed by atoms with Crippen molar-refractivity contribution in [2.75, 3.05) is 0 Å². The largest absolute Gasteiger partial charge is 0.330 e. The first-order chi connectivity index (χ1) is 12.1. The minimum atomic E-state index is -0.551. The van der Waals surface area contributed by atoms with E-state index in [4.69, 9.17) is 0 Å². The molecule has 0 aliphatic rings. The lowest BCUT2D eigenvalue weighted by atomic mass is 10.1. The topological polar surface area (TPSA) is 46.1 Å². The summed E-state index contributed by atoms with van der Waals surface area (Å²) in [6.45, 7) is 0.691. The lowest BCUT2D eigenvalue weighted by Gasteiger charge is -2.23. The second kappa shape index (κ2) is 7.98. The number of halogens is 2. The number of amides is 1. The molecule has 6 heteroatoms. The van der Waals surface area contributed by atoms with Gasteiger partial charge in [0.1, 0.15) is 5.82 Å². The van der Waals surface area contributed by atoms with E-state index < -0.39 is 5.82 Å². The van der Waals surface area contributed by atoms with Crippen molar-refractivity contribution in [3.8, 4) is 0 Å². The Hall–Kier alpha value is -2.60. The van der Waals surface area contributed by atoms with Gasteiger partial charge in [-0.05, 0) is 47.5 Å². The summed E-state index contributed by atoms with van der Waals surface area (Å²) in [6.07, 6.45) is 6.71. The van der Waals surface area contributed by atoms with E-state index in [-0.39, 0.29) is 11.5 Å². The van der Waals surface area contributed by atoms with Crippen LogP contribution in [0.15, 0.2) is 71.7 Å². The molecule has 3 aromatic rings. The maximum atomic E-state index is 14.2. The minimum absolute atomic E-state index is 0.0427. The van der Waals surface area contributed by atoms with E-state index >= 15 is 0 Å². The third-order valence-corrected chi connectivity index (χ3v) is 4.16. The van der Waals surface area contributed by atoms with Crippen molar-refractivity contribution in [2.45, 2.75) is 13.1 Å². The Morgan fingerprint density at radius 1 is 1.00 bits per heavy atom. The van der Waals surface area contributed by atoms with Crippen LogP contribution in [0.3, 0.4) is 0 Å². The average Bonchev–Trinajstić information content (AvgIpc) is 2.62. The van der Waals surface area contributed by atoms with Crippen LogP contribution in [-0.4, -0.2) is 20.8 Å². The molecule has 126 valence electrons. The smallest absolute Gasteiger partial charge is 0.257 e. The van der Waals surface area contributed by atoms with Crippen LogP contribution < -0.4 is 0 Å². The molecular weight excluding hydrogens is 385 g/mol. The molecule has 4 nitrogen and oxygen atoms in total. The SMILES string of the molecule is O=C(c1ccc(Br)cc1F)N(Cc1ccncc1)Cc1cccnc1. The molecule has 2 heterocycles. The second-order valence-corrected chi connectivity index (χ2v) is 6.42. The highest BCUT2D eigenvalue weighted by Gasteiger charge is 2.20. The van der Waals surface area contributed by atoms with E-state index in [2.05, 4.69) is 25.9 Å². The third-order valence-electron chi connectivity index (χ3n) is 3.67. The monoisotopic (exact) mass is 399 g/mol. The van der Waals surface area contributed by atoms with E-state index in [1.54, 1.807) is 35.8 Å². The molecule has 2 aromatic heterocycles. The van der Waals surface area contributed by atoms with Gasteiger partial charge < -0.3 is 4.90 Å². The summed E-state index contributed by atoms with van der Waals surface area (Å²) in [5.74, 6) is -0.920. The van der Waals surface area contributed by atoms with Gasteiger partial charge in [0, 0.05) is 42.3 Å². The summed E-state index contributed by atoms with van der Waals surface area (Å²) in [7, 11) is 0. The Bertz CT molecular complexity index is 818. The van der Waals surface area contributed by atoms with E-state index in [1.165, 1.54) is 12.1 Å². The van der Waals surface area contributed by atoms with Crippen molar-refractivity contribution in [2.24, 2.45) is 0 Å². The first kappa shape index (κ1) is 17.2. The van der Waals surface area contributed by atoms with Crippen molar-refractivity contribution < 1.29 is 9.18 Å². The van der Waals surface area contributed by atoms with Gasteiger partial charge in [0.2, 0.25) is 0 Å². The molecule has 0 fully saturated rings. The third kappa shape index (κ3) is 4.48. The summed E-state index contributed by atoms with van der Waals surface area (Å²) in [5.41, 5.74) is 1.84. The Morgan fingerprint density at radius 2 is 1.76 bits per heavy atom. The summed E-state index contributed by atoms with van der Waals surface area (Å²) >= 11 is 3.21. The van der Waals surface area contributed by atoms with Crippen LogP contribution in [0.5, 0.6) is 0 Å². The van der Waals surface area contributed by atoms with Gasteiger partial charge in [-0.15, -0.1) is 0 Å². The lowest BCUT2D eigenvalue weighted by molar-refractivity contribution is 0.0725. The Labute approximate surface area is 153 Å². The fourth-order valence-electron chi connectivity index (χ4n) is 2.45. The Balaban J connectivity index is 1.90. The van der Waals surface area contributed by atoms with Gasteiger partial charge in [-0.2, -0.15) is 0 Å². The van der Waals surface area contributed by atoms with E-state index in [0.717, 1.165) is 11.1 Å². The van der Waals surface area contributed by atoms with E-state index in [0.29, 0.717) is 17.6 Å². The number of carbonyl (C=O) groups is 1. The molecule has 0 bridgehead atoms. The van der Waals surface area contributed by atoms with Crippen LogP contribution >= 0.6 is 15.9 Å². The molecule has 0 atom stereocenters. The van der Waals surface area contributed by atoms with Crippen molar-refractivity contribution >= 4 is 21.8 Å². The van der Waals surface area contributed by atoms with Gasteiger partial charge in [0.15, 0.2) is 0 Å². The maximum absolute atomic E-state index is 14.2. The van der Waals surface area contributed by atoms with Crippen LogP contribution in [0.1, 0.15) is 21.5 Å². The number of hydrogen-bond donors (Lipinski definition) is 0. The molecule has 0 aliphatic carbocycles. The molecule has 0 spiro atoms. The number of carbonyl (C=O) groups excluding carboxylic acids is 1. The molecule has 0 radical (unpaired) electrons. The van der Waals surface area contributed by atoms with Gasteiger partial charge in [0.05, 0.1) is 5.56 Å². The van der Waals surface area contributed by atoms with E-state index in [9.17, 15) is 9.18 Å². The molecule has 0 aliphatic heterocycles. The molecule has 0 N–H and O–H groups in total. The number of rotatable bonds is 5. The number of benzene rings is 1. The normalized spacial score (nSPS) is 10.5. The summed E-state index contributed by atoms with van der Waals surface area (Å²) in [4.78, 5) is 22.6. The van der Waals surface area contributed by atoms with Gasteiger partial charge in [0.25, 0.3) is 5.91 Å². The molecular formula is C19H15BrFN3O. The summed E-state index contributed by atoms with van der Waals surface area (Å²) in [6, 6.07) is 11.8. The number of nitrogens with zero attached hydrogens (tertiary/aromatic N) is 3. The average molecular weight is 400 g/mol. The van der Waals surface area contributed by atoms with Crippen molar-refractivity contribution in [3.05, 3.63) is 94.2 Å². The predicted octanol–water partition coefficient (Wildman–Crippen LogP) is 4.22. The fraction of sp³-hybridized carbons (Fsp3) is 0.105. The molecule has 0 saturated heterocycles. The zero-order valence-corrected chi connectivity index (χ0v) is 14.9. The number of hydrogen-bond acceptors (Lipinski definition) is 3. The zero-order chi connectivity index (χ0) is 17.6. The highest BCUT2D eigenvalue weighted by Crippen LogP contribution is 2.19. The van der Waals surface area contributed by atoms with Gasteiger partial charge in [-0.1, -0.05) is 22.0 Å².